The zero-order valence-electron chi connectivity index (χ0n) is 16.8. The minimum atomic E-state index is -0.536. The number of halogens is 1. The smallest absolute Gasteiger partial charge is 0.259 e. The van der Waals surface area contributed by atoms with Crippen LogP contribution in [0, 0.1) is 11.7 Å². The van der Waals surface area contributed by atoms with Gasteiger partial charge in [0, 0.05) is 11.3 Å². The molecule has 0 aliphatic carbocycles. The molecule has 0 spiro atoms. The van der Waals surface area contributed by atoms with Crippen LogP contribution in [0.4, 0.5) is 15.8 Å². The lowest BCUT2D eigenvalue weighted by Crippen LogP contribution is -2.43. The quantitative estimate of drug-likeness (QED) is 0.799. The van der Waals surface area contributed by atoms with E-state index in [9.17, 15) is 14.0 Å². The number of aliphatic imine (C=N–C) groups is 2. The molecular weight excluding hydrogens is 403 g/mol. The number of anilines is 1. The number of hydrogen-bond acceptors (Lipinski definition) is 5. The summed E-state index contributed by atoms with van der Waals surface area (Å²) >= 11 is 1.20. The van der Waals surface area contributed by atoms with Crippen molar-refractivity contribution in [2.24, 2.45) is 15.9 Å². The van der Waals surface area contributed by atoms with Crippen LogP contribution in [-0.2, 0) is 9.59 Å². The van der Waals surface area contributed by atoms with Gasteiger partial charge in [-0.15, -0.1) is 0 Å². The Hall–Kier alpha value is -3.00. The summed E-state index contributed by atoms with van der Waals surface area (Å²) in [4.78, 5) is 36.6. The van der Waals surface area contributed by atoms with Gasteiger partial charge in [-0.05, 0) is 49.2 Å². The molecule has 0 bridgehead atoms. The third-order valence-corrected chi connectivity index (χ3v) is 5.95. The minimum Gasteiger partial charge on any atom is -0.325 e. The second-order valence-corrected chi connectivity index (χ2v) is 8.79. The van der Waals surface area contributed by atoms with Gasteiger partial charge in [0.25, 0.3) is 5.91 Å². The average Bonchev–Trinajstić information content (AvgIpc) is 3.08. The highest BCUT2D eigenvalue weighted by Gasteiger charge is 2.43. The molecule has 0 unspecified atom stereocenters. The van der Waals surface area contributed by atoms with Crippen molar-refractivity contribution in [2.75, 3.05) is 5.32 Å². The first-order valence-electron chi connectivity index (χ1n) is 9.68. The van der Waals surface area contributed by atoms with E-state index in [0.717, 1.165) is 11.3 Å². The van der Waals surface area contributed by atoms with E-state index in [1.54, 1.807) is 6.92 Å². The van der Waals surface area contributed by atoms with Gasteiger partial charge in [0.1, 0.15) is 17.7 Å². The molecule has 0 fully saturated rings. The molecule has 0 aromatic heterocycles. The number of carbonyl (C=O) groups is 2. The van der Waals surface area contributed by atoms with E-state index in [1.807, 2.05) is 38.1 Å². The van der Waals surface area contributed by atoms with Crippen LogP contribution in [0.3, 0.4) is 0 Å². The number of thioether (sulfide) groups is 1. The molecule has 6 nitrogen and oxygen atoms in total. The molecule has 0 radical (unpaired) electrons. The predicted octanol–water partition coefficient (Wildman–Crippen LogP) is 4.20. The Labute approximate surface area is 178 Å². The monoisotopic (exact) mass is 424 g/mol. The SMILES string of the molecule is CC(C)[C@H]1N=C2c3ccccc3N=C(S[C@@H](C)C(=O)Nc3ccc(F)cc3)N2C1=O. The Morgan fingerprint density at radius 1 is 1.13 bits per heavy atom. The molecule has 2 heterocycles. The number of carbonyl (C=O) groups excluding carboxylic acids is 2. The highest BCUT2D eigenvalue weighted by atomic mass is 32.2. The van der Waals surface area contributed by atoms with Gasteiger partial charge >= 0.3 is 0 Å². The van der Waals surface area contributed by atoms with Crippen molar-refractivity contribution in [2.45, 2.75) is 32.1 Å². The number of amidine groups is 2. The van der Waals surface area contributed by atoms with Crippen molar-refractivity contribution in [3.63, 3.8) is 0 Å². The fraction of sp³-hybridized carbons (Fsp3) is 0.273. The maximum atomic E-state index is 13.1. The summed E-state index contributed by atoms with van der Waals surface area (Å²) in [5.41, 5.74) is 2.03. The molecule has 2 aliphatic heterocycles. The Morgan fingerprint density at radius 3 is 2.53 bits per heavy atom. The molecule has 30 heavy (non-hydrogen) atoms. The molecular formula is C22H21FN4O2S. The number of fused-ring (bicyclic) bond motifs is 3. The lowest BCUT2D eigenvalue weighted by Gasteiger charge is -2.27. The third kappa shape index (κ3) is 3.75. The first-order chi connectivity index (χ1) is 14.3. The van der Waals surface area contributed by atoms with Gasteiger partial charge in [-0.2, -0.15) is 0 Å². The van der Waals surface area contributed by atoms with Crippen molar-refractivity contribution in [1.29, 1.82) is 0 Å². The van der Waals surface area contributed by atoms with Crippen molar-refractivity contribution >= 4 is 46.0 Å². The largest absolute Gasteiger partial charge is 0.325 e. The van der Waals surface area contributed by atoms with Gasteiger partial charge in [0.05, 0.1) is 10.9 Å². The molecule has 154 valence electrons. The fourth-order valence-electron chi connectivity index (χ4n) is 3.27. The lowest BCUT2D eigenvalue weighted by molar-refractivity contribution is -0.125. The van der Waals surface area contributed by atoms with Crippen molar-refractivity contribution in [3.8, 4) is 0 Å². The molecule has 2 aromatic carbocycles. The molecule has 0 saturated heterocycles. The van der Waals surface area contributed by atoms with Gasteiger partial charge < -0.3 is 5.32 Å². The summed E-state index contributed by atoms with van der Waals surface area (Å²) in [6.07, 6.45) is 0. The first kappa shape index (κ1) is 20.3. The molecule has 2 amide bonds. The van der Waals surface area contributed by atoms with E-state index in [2.05, 4.69) is 15.3 Å². The van der Waals surface area contributed by atoms with Gasteiger partial charge in [0.15, 0.2) is 5.17 Å². The van der Waals surface area contributed by atoms with Crippen LogP contribution in [0.5, 0.6) is 0 Å². The molecule has 8 heteroatoms. The summed E-state index contributed by atoms with van der Waals surface area (Å²) in [5.74, 6) is -0.138. The maximum Gasteiger partial charge on any atom is 0.259 e. The molecule has 0 saturated carbocycles. The van der Waals surface area contributed by atoms with Crippen LogP contribution in [0.15, 0.2) is 58.5 Å². The van der Waals surface area contributed by atoms with Crippen molar-refractivity contribution < 1.29 is 14.0 Å². The van der Waals surface area contributed by atoms with E-state index >= 15 is 0 Å². The summed E-state index contributed by atoms with van der Waals surface area (Å²) in [6.45, 7) is 5.66. The third-order valence-electron chi connectivity index (χ3n) is 4.89. The summed E-state index contributed by atoms with van der Waals surface area (Å²) in [6, 6.07) is 12.6. The lowest BCUT2D eigenvalue weighted by atomic mass is 10.1. The van der Waals surface area contributed by atoms with Gasteiger partial charge in [-0.25, -0.2) is 14.3 Å². The standard InChI is InChI=1S/C22H21FN4O2S/c1-12(2)18-21(29)27-19(26-18)16-6-4-5-7-17(16)25-22(27)30-13(3)20(28)24-15-10-8-14(23)9-11-15/h4-13,18H,1-3H3,(H,24,28)/t13-,18+/m0/s1. The zero-order valence-corrected chi connectivity index (χ0v) is 17.6. The first-order valence-corrected chi connectivity index (χ1v) is 10.6. The highest BCUT2D eigenvalue weighted by Crippen LogP contribution is 2.35. The summed E-state index contributed by atoms with van der Waals surface area (Å²) < 4.78 is 13.1. The number of nitrogens with one attached hydrogen (secondary N) is 1. The summed E-state index contributed by atoms with van der Waals surface area (Å²) in [7, 11) is 0. The van der Waals surface area contributed by atoms with Crippen LogP contribution in [0.2, 0.25) is 0 Å². The van der Waals surface area contributed by atoms with E-state index in [-0.39, 0.29) is 23.5 Å². The van der Waals surface area contributed by atoms with E-state index in [4.69, 9.17) is 0 Å². The average molecular weight is 425 g/mol. The van der Waals surface area contributed by atoms with E-state index < -0.39 is 11.3 Å². The van der Waals surface area contributed by atoms with Gasteiger partial charge in [0.2, 0.25) is 5.91 Å². The summed E-state index contributed by atoms with van der Waals surface area (Å²) in [5, 5.41) is 2.66. The zero-order chi connectivity index (χ0) is 21.4. The van der Waals surface area contributed by atoms with Gasteiger partial charge in [-0.1, -0.05) is 37.7 Å². The molecule has 2 aliphatic rings. The maximum absolute atomic E-state index is 13.1. The molecule has 4 rings (SSSR count). The van der Waals surface area contributed by atoms with Crippen LogP contribution in [-0.4, -0.2) is 39.0 Å². The van der Waals surface area contributed by atoms with Gasteiger partial charge in [-0.3, -0.25) is 14.6 Å². The Bertz CT molecular complexity index is 1070. The molecule has 1 N–H and O–H groups in total. The Kier molecular flexibility index (Phi) is 5.42. The number of rotatable bonds is 4. The number of amides is 2. The Balaban J connectivity index is 1.59. The van der Waals surface area contributed by atoms with Crippen molar-refractivity contribution in [3.05, 3.63) is 59.9 Å². The number of hydrogen-bond donors (Lipinski definition) is 1. The fourth-order valence-corrected chi connectivity index (χ4v) is 4.19. The van der Waals surface area contributed by atoms with Crippen LogP contribution < -0.4 is 5.32 Å². The van der Waals surface area contributed by atoms with Crippen LogP contribution in [0.25, 0.3) is 0 Å². The van der Waals surface area contributed by atoms with Crippen LogP contribution >= 0.6 is 11.8 Å². The van der Waals surface area contributed by atoms with E-state index in [1.165, 1.54) is 40.9 Å². The molecule has 2 atom stereocenters. The number of para-hydroxylation sites is 1. The number of nitrogens with zero attached hydrogens (tertiary/aromatic N) is 3. The second-order valence-electron chi connectivity index (χ2n) is 7.48. The van der Waals surface area contributed by atoms with E-state index in [0.29, 0.717) is 16.7 Å². The second kappa shape index (κ2) is 8.02. The predicted molar refractivity (Wildman–Crippen MR) is 118 cm³/mol. The van der Waals surface area contributed by atoms with Crippen molar-refractivity contribution in [1.82, 2.24) is 4.90 Å². The van der Waals surface area contributed by atoms with Crippen LogP contribution in [0.1, 0.15) is 26.3 Å². The minimum absolute atomic E-state index is 0.0493. The molecule has 2 aromatic rings. The normalized spacial score (nSPS) is 18.5. The highest BCUT2D eigenvalue weighted by molar-refractivity contribution is 8.15. The topological polar surface area (TPSA) is 74.1 Å². The number of benzene rings is 2. The Morgan fingerprint density at radius 2 is 1.83 bits per heavy atom.